The fraction of sp³-hybridized carbons (Fsp3) is 0.167. The molecule has 3 rings (SSSR count). The Morgan fingerprint density at radius 3 is 2.35 bits per heavy atom. The number of aryl methyl sites for hydroxylation is 2. The van der Waals surface area contributed by atoms with Crippen molar-refractivity contribution in [1.29, 1.82) is 0 Å². The number of imide groups is 1. The molecule has 0 atom stereocenters. The van der Waals surface area contributed by atoms with E-state index in [0.717, 1.165) is 21.7 Å². The van der Waals surface area contributed by atoms with Gasteiger partial charge in [0, 0.05) is 18.3 Å². The fourth-order valence-electron chi connectivity index (χ4n) is 2.65. The van der Waals surface area contributed by atoms with Crippen LogP contribution < -0.4 is 5.32 Å². The summed E-state index contributed by atoms with van der Waals surface area (Å²) in [6.45, 7) is 3.90. The molecule has 0 aliphatic carbocycles. The smallest absolute Gasteiger partial charge is 0.261 e. The molecule has 0 unspecified atom stereocenters. The average Bonchev–Trinajstić information content (AvgIpc) is 2.74. The Balaban J connectivity index is 1.90. The Labute approximate surface area is 133 Å². The first-order chi connectivity index (χ1) is 10.9. The van der Waals surface area contributed by atoms with E-state index < -0.39 is 0 Å². The number of anilines is 1. The highest BCUT2D eigenvalue weighted by Crippen LogP contribution is 2.23. The Kier molecular flexibility index (Phi) is 3.48. The molecule has 1 heterocycles. The maximum absolute atomic E-state index is 12.4. The van der Waals surface area contributed by atoms with E-state index in [4.69, 9.17) is 0 Å². The van der Waals surface area contributed by atoms with E-state index in [0.29, 0.717) is 11.1 Å². The molecule has 116 valence electrons. The van der Waals surface area contributed by atoms with Crippen LogP contribution in [0.1, 0.15) is 42.2 Å². The van der Waals surface area contributed by atoms with Crippen LogP contribution in [0.25, 0.3) is 0 Å². The third-order valence-corrected chi connectivity index (χ3v) is 3.98. The minimum absolute atomic E-state index is 0.269. The lowest BCUT2D eigenvalue weighted by atomic mass is 10.0. The zero-order chi connectivity index (χ0) is 16.7. The Morgan fingerprint density at radius 1 is 0.957 bits per heavy atom. The summed E-state index contributed by atoms with van der Waals surface area (Å²) in [6, 6.07) is 10.3. The lowest BCUT2D eigenvalue weighted by molar-refractivity contribution is 0.0693. The standard InChI is InChI=1S/C18H16N2O3/c1-10-4-7-15(11(2)8-10)19-16(21)12-5-6-13-14(9-12)18(23)20(3)17(13)22/h4-9H,1-3H3,(H,19,21). The number of nitrogens with one attached hydrogen (secondary N) is 1. The zero-order valence-electron chi connectivity index (χ0n) is 13.1. The van der Waals surface area contributed by atoms with Crippen LogP contribution in [0.2, 0.25) is 0 Å². The zero-order valence-corrected chi connectivity index (χ0v) is 13.1. The Morgan fingerprint density at radius 2 is 1.65 bits per heavy atom. The van der Waals surface area contributed by atoms with Gasteiger partial charge in [0.15, 0.2) is 0 Å². The predicted octanol–water partition coefficient (Wildman–Crippen LogP) is 2.78. The molecule has 0 saturated heterocycles. The number of hydrogen-bond donors (Lipinski definition) is 1. The largest absolute Gasteiger partial charge is 0.322 e. The molecular weight excluding hydrogens is 292 g/mol. The SMILES string of the molecule is Cc1ccc(NC(=O)c2ccc3c(c2)C(=O)N(C)C3=O)c(C)c1. The maximum Gasteiger partial charge on any atom is 0.261 e. The van der Waals surface area contributed by atoms with Crippen molar-refractivity contribution in [3.63, 3.8) is 0 Å². The molecule has 23 heavy (non-hydrogen) atoms. The van der Waals surface area contributed by atoms with E-state index in [2.05, 4.69) is 5.32 Å². The summed E-state index contributed by atoms with van der Waals surface area (Å²) in [5.41, 5.74) is 3.75. The second-order valence-corrected chi connectivity index (χ2v) is 5.70. The summed E-state index contributed by atoms with van der Waals surface area (Å²) in [7, 11) is 1.43. The number of carbonyl (C=O) groups is 3. The summed E-state index contributed by atoms with van der Waals surface area (Å²) < 4.78 is 0. The number of amides is 3. The van der Waals surface area contributed by atoms with Crippen molar-refractivity contribution in [3.05, 3.63) is 64.2 Å². The van der Waals surface area contributed by atoms with Gasteiger partial charge in [0.2, 0.25) is 0 Å². The van der Waals surface area contributed by atoms with Gasteiger partial charge >= 0.3 is 0 Å². The van der Waals surface area contributed by atoms with Crippen molar-refractivity contribution < 1.29 is 14.4 Å². The van der Waals surface area contributed by atoms with Gasteiger partial charge in [-0.1, -0.05) is 17.7 Å². The first-order valence-corrected chi connectivity index (χ1v) is 7.23. The van der Waals surface area contributed by atoms with Gasteiger partial charge in [0.1, 0.15) is 0 Å². The Hall–Kier alpha value is -2.95. The second kappa shape index (κ2) is 5.35. The molecule has 0 saturated carbocycles. The highest BCUT2D eigenvalue weighted by atomic mass is 16.2. The highest BCUT2D eigenvalue weighted by molar-refractivity contribution is 6.22. The lowest BCUT2D eigenvalue weighted by Gasteiger charge is -2.09. The third kappa shape index (κ3) is 2.50. The lowest BCUT2D eigenvalue weighted by Crippen LogP contribution is -2.24. The van der Waals surface area contributed by atoms with E-state index in [9.17, 15) is 14.4 Å². The number of fused-ring (bicyclic) bond motifs is 1. The van der Waals surface area contributed by atoms with Gasteiger partial charge in [0.05, 0.1) is 11.1 Å². The second-order valence-electron chi connectivity index (χ2n) is 5.70. The van der Waals surface area contributed by atoms with Gasteiger partial charge in [-0.2, -0.15) is 0 Å². The molecule has 5 nitrogen and oxygen atoms in total. The molecule has 0 spiro atoms. The van der Waals surface area contributed by atoms with E-state index in [1.165, 1.54) is 19.2 Å². The van der Waals surface area contributed by atoms with Crippen molar-refractivity contribution in [2.24, 2.45) is 0 Å². The number of carbonyl (C=O) groups excluding carboxylic acids is 3. The van der Waals surface area contributed by atoms with Crippen LogP contribution in [0.5, 0.6) is 0 Å². The van der Waals surface area contributed by atoms with Crippen molar-refractivity contribution in [3.8, 4) is 0 Å². The molecule has 2 aromatic carbocycles. The maximum atomic E-state index is 12.4. The first kappa shape index (κ1) is 15.0. The molecule has 0 radical (unpaired) electrons. The van der Waals surface area contributed by atoms with Crippen LogP contribution in [-0.2, 0) is 0 Å². The van der Waals surface area contributed by atoms with Gasteiger partial charge < -0.3 is 5.32 Å². The minimum Gasteiger partial charge on any atom is -0.322 e. The summed E-state index contributed by atoms with van der Waals surface area (Å²) in [5.74, 6) is -1.04. The number of hydrogen-bond acceptors (Lipinski definition) is 3. The van der Waals surface area contributed by atoms with E-state index in [-0.39, 0.29) is 23.3 Å². The van der Waals surface area contributed by atoms with E-state index in [1.54, 1.807) is 6.07 Å². The molecule has 0 fully saturated rings. The third-order valence-electron chi connectivity index (χ3n) is 3.98. The first-order valence-electron chi connectivity index (χ1n) is 7.23. The molecule has 1 N–H and O–H groups in total. The van der Waals surface area contributed by atoms with Crippen LogP contribution in [0.4, 0.5) is 5.69 Å². The van der Waals surface area contributed by atoms with Crippen molar-refractivity contribution >= 4 is 23.4 Å². The van der Waals surface area contributed by atoms with Gasteiger partial charge in [0.25, 0.3) is 17.7 Å². The van der Waals surface area contributed by atoms with E-state index >= 15 is 0 Å². The monoisotopic (exact) mass is 308 g/mol. The van der Waals surface area contributed by atoms with Gasteiger partial charge in [-0.15, -0.1) is 0 Å². The van der Waals surface area contributed by atoms with Crippen molar-refractivity contribution in [2.45, 2.75) is 13.8 Å². The van der Waals surface area contributed by atoms with E-state index in [1.807, 2.05) is 32.0 Å². The van der Waals surface area contributed by atoms with Crippen LogP contribution >= 0.6 is 0 Å². The molecule has 0 aromatic heterocycles. The quantitative estimate of drug-likeness (QED) is 0.868. The molecule has 2 aromatic rings. The summed E-state index contributed by atoms with van der Waals surface area (Å²) in [4.78, 5) is 37.3. The normalized spacial score (nSPS) is 13.3. The minimum atomic E-state index is -0.383. The van der Waals surface area contributed by atoms with Crippen LogP contribution in [0, 0.1) is 13.8 Å². The molecule has 3 amide bonds. The number of nitrogens with zero attached hydrogens (tertiary/aromatic N) is 1. The highest BCUT2D eigenvalue weighted by Gasteiger charge is 2.33. The number of rotatable bonds is 2. The molecule has 5 heteroatoms. The van der Waals surface area contributed by atoms with Crippen LogP contribution in [0.15, 0.2) is 36.4 Å². The van der Waals surface area contributed by atoms with Crippen LogP contribution in [-0.4, -0.2) is 29.7 Å². The molecule has 1 aliphatic heterocycles. The van der Waals surface area contributed by atoms with Crippen molar-refractivity contribution in [1.82, 2.24) is 4.90 Å². The van der Waals surface area contributed by atoms with Gasteiger partial charge in [-0.05, 0) is 43.7 Å². The fourth-order valence-corrected chi connectivity index (χ4v) is 2.65. The average molecular weight is 308 g/mol. The topological polar surface area (TPSA) is 66.5 Å². The van der Waals surface area contributed by atoms with Crippen molar-refractivity contribution in [2.75, 3.05) is 12.4 Å². The van der Waals surface area contributed by atoms with Gasteiger partial charge in [-0.25, -0.2) is 0 Å². The Bertz CT molecular complexity index is 855. The molecule has 0 bridgehead atoms. The number of benzene rings is 2. The molecule has 1 aliphatic rings. The summed E-state index contributed by atoms with van der Waals surface area (Å²) >= 11 is 0. The van der Waals surface area contributed by atoms with Gasteiger partial charge in [-0.3, -0.25) is 19.3 Å². The summed E-state index contributed by atoms with van der Waals surface area (Å²) in [5, 5.41) is 2.83. The van der Waals surface area contributed by atoms with Crippen LogP contribution in [0.3, 0.4) is 0 Å². The molecular formula is C18H16N2O3. The predicted molar refractivity (Wildman–Crippen MR) is 86.7 cm³/mol. The summed E-state index contributed by atoms with van der Waals surface area (Å²) in [6.07, 6.45) is 0.